The molecular formula is C20H20N6OS2. The number of rotatable bonds is 6. The van der Waals surface area contributed by atoms with Gasteiger partial charge in [-0.15, -0.1) is 10.2 Å². The molecule has 0 radical (unpaired) electrons. The normalized spacial score (nSPS) is 12.8. The molecule has 1 aromatic carbocycles. The van der Waals surface area contributed by atoms with Crippen molar-refractivity contribution in [3.8, 4) is 11.8 Å². The van der Waals surface area contributed by atoms with Gasteiger partial charge < -0.3 is 10.6 Å². The summed E-state index contributed by atoms with van der Waals surface area (Å²) < 4.78 is 2.77. The zero-order valence-electron chi connectivity index (χ0n) is 15.9. The fraction of sp³-hybridized carbons (Fsp3) is 0.300. The summed E-state index contributed by atoms with van der Waals surface area (Å²) in [6.07, 6.45) is 3.92. The Bertz CT molecular complexity index is 1070. The molecule has 29 heavy (non-hydrogen) atoms. The van der Waals surface area contributed by atoms with Gasteiger partial charge in [0.05, 0.1) is 11.3 Å². The number of hydrogen-bond acceptors (Lipinski definition) is 7. The lowest BCUT2D eigenvalue weighted by molar-refractivity contribution is -0.113. The molecule has 1 aliphatic rings. The highest BCUT2D eigenvalue weighted by Crippen LogP contribution is 2.35. The molecule has 2 N–H and O–H groups in total. The lowest BCUT2D eigenvalue weighted by Crippen LogP contribution is -2.18. The Balaban J connectivity index is 1.63. The van der Waals surface area contributed by atoms with Crippen molar-refractivity contribution in [2.24, 2.45) is 0 Å². The van der Waals surface area contributed by atoms with Crippen LogP contribution in [0.2, 0.25) is 0 Å². The van der Waals surface area contributed by atoms with Crippen molar-refractivity contribution in [1.82, 2.24) is 14.8 Å². The highest BCUT2D eigenvalue weighted by atomic mass is 32.2. The first-order valence-electron chi connectivity index (χ1n) is 9.37. The predicted molar refractivity (Wildman–Crippen MR) is 116 cm³/mol. The van der Waals surface area contributed by atoms with E-state index in [2.05, 4.69) is 26.9 Å². The number of hydrogen-bond donors (Lipinski definition) is 2. The fourth-order valence-electron chi connectivity index (χ4n) is 3.56. The minimum atomic E-state index is -0.167. The van der Waals surface area contributed by atoms with Crippen molar-refractivity contribution in [3.05, 3.63) is 47.2 Å². The van der Waals surface area contributed by atoms with E-state index in [4.69, 9.17) is 0 Å². The maximum Gasteiger partial charge on any atom is 0.235 e. The molecule has 0 fully saturated rings. The number of thioether (sulfide) groups is 1. The molecule has 4 rings (SSSR count). The number of aromatic nitrogens is 3. The highest BCUT2D eigenvalue weighted by molar-refractivity contribution is 8.01. The van der Waals surface area contributed by atoms with Crippen LogP contribution in [-0.2, 0) is 17.6 Å². The number of nitriles is 1. The summed E-state index contributed by atoms with van der Waals surface area (Å²) >= 11 is 2.74. The van der Waals surface area contributed by atoms with Crippen molar-refractivity contribution in [2.45, 2.75) is 30.0 Å². The number of carbonyl (C=O) groups is 1. The van der Waals surface area contributed by atoms with E-state index in [0.717, 1.165) is 47.0 Å². The number of anilines is 2. The van der Waals surface area contributed by atoms with Gasteiger partial charge in [0.15, 0.2) is 4.34 Å². The highest BCUT2D eigenvalue weighted by Gasteiger charge is 2.26. The van der Waals surface area contributed by atoms with Crippen LogP contribution in [0.5, 0.6) is 0 Å². The van der Waals surface area contributed by atoms with Crippen molar-refractivity contribution < 1.29 is 4.79 Å². The lowest BCUT2D eigenvalue weighted by Gasteiger charge is -2.17. The third-order valence-corrected chi connectivity index (χ3v) is 6.88. The maximum atomic E-state index is 12.7. The zero-order chi connectivity index (χ0) is 20.2. The van der Waals surface area contributed by atoms with Crippen molar-refractivity contribution >= 4 is 40.0 Å². The van der Waals surface area contributed by atoms with Crippen molar-refractivity contribution in [3.63, 3.8) is 0 Å². The summed E-state index contributed by atoms with van der Waals surface area (Å²) in [5, 5.41) is 24.5. The number of amides is 1. The SMILES string of the molecule is CNc1nnc(SCC(=O)Nc2c(C#N)c3c(n2-c2ccccc2)CCCC3)s1. The molecule has 148 valence electrons. The van der Waals surface area contributed by atoms with Gasteiger partial charge in [-0.1, -0.05) is 41.3 Å². The number of benzene rings is 1. The van der Waals surface area contributed by atoms with Crippen LogP contribution in [0.3, 0.4) is 0 Å². The largest absolute Gasteiger partial charge is 0.363 e. The summed E-state index contributed by atoms with van der Waals surface area (Å²) in [5.74, 6) is 0.609. The molecule has 2 heterocycles. The Morgan fingerprint density at radius 2 is 2.07 bits per heavy atom. The average molecular weight is 425 g/mol. The van der Waals surface area contributed by atoms with Crippen LogP contribution in [0.1, 0.15) is 29.7 Å². The van der Waals surface area contributed by atoms with E-state index in [-0.39, 0.29) is 11.7 Å². The van der Waals surface area contributed by atoms with Crippen LogP contribution >= 0.6 is 23.1 Å². The van der Waals surface area contributed by atoms with Gasteiger partial charge in [-0.2, -0.15) is 5.26 Å². The monoisotopic (exact) mass is 424 g/mol. The second-order valence-electron chi connectivity index (χ2n) is 6.60. The van der Waals surface area contributed by atoms with Crippen LogP contribution in [-0.4, -0.2) is 33.5 Å². The Morgan fingerprint density at radius 1 is 1.28 bits per heavy atom. The number of fused-ring (bicyclic) bond motifs is 1. The summed E-state index contributed by atoms with van der Waals surface area (Å²) in [6, 6.07) is 12.2. The molecule has 2 aromatic heterocycles. The van der Waals surface area contributed by atoms with E-state index >= 15 is 0 Å². The quantitative estimate of drug-likeness (QED) is 0.584. The third kappa shape index (κ3) is 3.99. The van der Waals surface area contributed by atoms with Gasteiger partial charge in [-0.25, -0.2) is 0 Å². The molecule has 0 spiro atoms. The minimum Gasteiger partial charge on any atom is -0.363 e. The second kappa shape index (κ2) is 8.68. The molecular weight excluding hydrogens is 404 g/mol. The summed E-state index contributed by atoms with van der Waals surface area (Å²) in [7, 11) is 1.78. The number of carbonyl (C=O) groups excluding carboxylic acids is 1. The first-order valence-corrected chi connectivity index (χ1v) is 11.2. The van der Waals surface area contributed by atoms with Crippen molar-refractivity contribution in [1.29, 1.82) is 5.26 Å². The van der Waals surface area contributed by atoms with Crippen LogP contribution in [0, 0.1) is 11.3 Å². The number of para-hydroxylation sites is 1. The van der Waals surface area contributed by atoms with Gasteiger partial charge in [-0.05, 0) is 43.4 Å². The van der Waals surface area contributed by atoms with E-state index in [1.165, 1.54) is 23.1 Å². The smallest absolute Gasteiger partial charge is 0.235 e. The Labute approximate surface area is 177 Å². The van der Waals surface area contributed by atoms with Gasteiger partial charge in [0.25, 0.3) is 0 Å². The van der Waals surface area contributed by atoms with Gasteiger partial charge in [-0.3, -0.25) is 9.36 Å². The number of nitrogens with one attached hydrogen (secondary N) is 2. The fourth-order valence-corrected chi connectivity index (χ4v) is 5.07. The number of nitrogens with zero attached hydrogens (tertiary/aromatic N) is 4. The molecule has 0 unspecified atom stereocenters. The maximum absolute atomic E-state index is 12.7. The molecule has 0 aliphatic heterocycles. The molecule has 0 atom stereocenters. The Kier molecular flexibility index (Phi) is 5.83. The summed E-state index contributed by atoms with van der Waals surface area (Å²) in [5.41, 5.74) is 3.73. The van der Waals surface area contributed by atoms with E-state index in [1.807, 2.05) is 34.9 Å². The summed E-state index contributed by atoms with van der Waals surface area (Å²) in [6.45, 7) is 0. The van der Waals surface area contributed by atoms with E-state index in [9.17, 15) is 10.1 Å². The van der Waals surface area contributed by atoms with E-state index in [0.29, 0.717) is 16.5 Å². The molecule has 0 saturated heterocycles. The molecule has 0 bridgehead atoms. The summed E-state index contributed by atoms with van der Waals surface area (Å²) in [4.78, 5) is 12.7. The van der Waals surface area contributed by atoms with Gasteiger partial charge in [0, 0.05) is 18.4 Å². The predicted octanol–water partition coefficient (Wildman–Crippen LogP) is 3.85. The van der Waals surface area contributed by atoms with Crippen LogP contribution in [0.25, 0.3) is 5.69 Å². The molecule has 1 aliphatic carbocycles. The zero-order valence-corrected chi connectivity index (χ0v) is 17.6. The molecule has 1 amide bonds. The topological polar surface area (TPSA) is 95.6 Å². The van der Waals surface area contributed by atoms with Gasteiger partial charge in [0.2, 0.25) is 11.0 Å². The third-order valence-electron chi connectivity index (χ3n) is 4.80. The first kappa shape index (κ1) is 19.5. The second-order valence-corrected chi connectivity index (χ2v) is 8.80. The standard InChI is InChI=1S/C20H20N6OS2/c1-22-19-24-25-20(29-19)28-12-17(27)23-18-15(11-21)14-9-5-6-10-16(14)26(18)13-7-3-2-4-8-13/h2-4,7-8H,5-6,9-10,12H2,1H3,(H,22,24)(H,23,27). The molecule has 7 nitrogen and oxygen atoms in total. The lowest BCUT2D eigenvalue weighted by atomic mass is 9.95. The van der Waals surface area contributed by atoms with E-state index in [1.54, 1.807) is 7.05 Å². The van der Waals surface area contributed by atoms with Crippen LogP contribution in [0.15, 0.2) is 34.7 Å². The van der Waals surface area contributed by atoms with Crippen LogP contribution in [0.4, 0.5) is 10.9 Å². The van der Waals surface area contributed by atoms with E-state index < -0.39 is 0 Å². The van der Waals surface area contributed by atoms with Crippen LogP contribution < -0.4 is 10.6 Å². The molecule has 3 aromatic rings. The minimum absolute atomic E-state index is 0.167. The molecule has 9 heteroatoms. The average Bonchev–Trinajstić information content (AvgIpc) is 3.34. The van der Waals surface area contributed by atoms with Gasteiger partial charge >= 0.3 is 0 Å². The first-order chi connectivity index (χ1) is 14.2. The van der Waals surface area contributed by atoms with Crippen molar-refractivity contribution in [2.75, 3.05) is 23.4 Å². The Morgan fingerprint density at radius 3 is 2.79 bits per heavy atom. The van der Waals surface area contributed by atoms with Gasteiger partial charge in [0.1, 0.15) is 11.9 Å². The molecule has 0 saturated carbocycles. The Hall–Kier alpha value is -2.83.